The Morgan fingerprint density at radius 2 is 1.73 bits per heavy atom. The van der Waals surface area contributed by atoms with Gasteiger partial charge in [-0.3, -0.25) is 0 Å². The van der Waals surface area contributed by atoms with Crippen LogP contribution < -0.4 is 5.32 Å². The fourth-order valence-electron chi connectivity index (χ4n) is 1.87. The van der Waals surface area contributed by atoms with Crippen LogP contribution in [0.4, 0.5) is 0 Å². The van der Waals surface area contributed by atoms with E-state index in [0.29, 0.717) is 0 Å². The lowest BCUT2D eigenvalue weighted by Gasteiger charge is -2.27. The van der Waals surface area contributed by atoms with Crippen molar-refractivity contribution >= 4 is 12.4 Å². The third-order valence-electron chi connectivity index (χ3n) is 2.77. The van der Waals surface area contributed by atoms with Gasteiger partial charge < -0.3 is 10.2 Å². The van der Waals surface area contributed by atoms with Crippen LogP contribution >= 0.6 is 12.4 Å². The second-order valence-electron chi connectivity index (χ2n) is 3.83. The van der Waals surface area contributed by atoms with E-state index in [9.17, 15) is 0 Å². The molecule has 0 unspecified atom stereocenters. The van der Waals surface area contributed by atoms with Crippen LogP contribution in [0.1, 0.15) is 5.56 Å². The predicted octanol–water partition coefficient (Wildman–Crippen LogP) is 1.56. The average molecular weight is 227 g/mol. The lowest BCUT2D eigenvalue weighted by atomic mass is 10.1. The first kappa shape index (κ1) is 12.5. The first-order valence-electron chi connectivity index (χ1n) is 5.42. The Hall–Kier alpha value is -0.570. The van der Waals surface area contributed by atoms with Gasteiger partial charge in [0.05, 0.1) is 0 Å². The zero-order chi connectivity index (χ0) is 9.64. The van der Waals surface area contributed by atoms with Crippen molar-refractivity contribution in [3.63, 3.8) is 0 Å². The minimum Gasteiger partial charge on any atom is -0.314 e. The summed E-state index contributed by atoms with van der Waals surface area (Å²) in [6, 6.07) is 10.7. The molecule has 0 aromatic heterocycles. The van der Waals surface area contributed by atoms with Gasteiger partial charge in [-0.2, -0.15) is 0 Å². The van der Waals surface area contributed by atoms with E-state index in [-0.39, 0.29) is 12.4 Å². The van der Waals surface area contributed by atoms with Crippen molar-refractivity contribution in [3.05, 3.63) is 35.9 Å². The van der Waals surface area contributed by atoms with E-state index in [1.165, 1.54) is 31.6 Å². The molecule has 0 bridgehead atoms. The fourth-order valence-corrected chi connectivity index (χ4v) is 1.87. The molecule has 0 radical (unpaired) electrons. The van der Waals surface area contributed by atoms with Crippen molar-refractivity contribution in [1.29, 1.82) is 0 Å². The fraction of sp³-hybridized carbons (Fsp3) is 0.500. The van der Waals surface area contributed by atoms with Crippen molar-refractivity contribution in [2.45, 2.75) is 6.42 Å². The third-order valence-corrected chi connectivity index (χ3v) is 2.77. The highest BCUT2D eigenvalue weighted by Gasteiger charge is 2.08. The van der Waals surface area contributed by atoms with E-state index in [0.717, 1.165) is 13.1 Å². The number of nitrogens with zero attached hydrogens (tertiary/aromatic N) is 1. The number of rotatable bonds is 3. The van der Waals surface area contributed by atoms with E-state index in [1.807, 2.05) is 0 Å². The molecule has 3 heteroatoms. The van der Waals surface area contributed by atoms with Gasteiger partial charge in [0.1, 0.15) is 0 Å². The molecule has 84 valence electrons. The smallest absolute Gasteiger partial charge is 0.0108 e. The number of halogens is 1. The molecule has 1 fully saturated rings. The molecule has 1 aliphatic heterocycles. The zero-order valence-electron chi connectivity index (χ0n) is 8.98. The quantitative estimate of drug-likeness (QED) is 0.842. The molecule has 2 nitrogen and oxygen atoms in total. The third kappa shape index (κ3) is 4.20. The summed E-state index contributed by atoms with van der Waals surface area (Å²) < 4.78 is 0. The van der Waals surface area contributed by atoms with Gasteiger partial charge >= 0.3 is 0 Å². The van der Waals surface area contributed by atoms with Crippen LogP contribution in [0.15, 0.2) is 30.3 Å². The Kier molecular flexibility index (Phi) is 5.69. The first-order valence-corrected chi connectivity index (χ1v) is 5.42. The molecule has 1 aromatic rings. The topological polar surface area (TPSA) is 15.3 Å². The Balaban J connectivity index is 0.00000112. The highest BCUT2D eigenvalue weighted by molar-refractivity contribution is 5.85. The lowest BCUT2D eigenvalue weighted by Crippen LogP contribution is -2.44. The van der Waals surface area contributed by atoms with Crippen molar-refractivity contribution in [3.8, 4) is 0 Å². The van der Waals surface area contributed by atoms with Gasteiger partial charge in [-0.25, -0.2) is 0 Å². The molecule has 1 N–H and O–H groups in total. The summed E-state index contributed by atoms with van der Waals surface area (Å²) in [4.78, 5) is 2.53. The molecule has 0 atom stereocenters. The van der Waals surface area contributed by atoms with Crippen molar-refractivity contribution in [1.82, 2.24) is 10.2 Å². The van der Waals surface area contributed by atoms with Crippen molar-refractivity contribution in [2.24, 2.45) is 0 Å². The molecule has 0 aliphatic carbocycles. The van der Waals surface area contributed by atoms with E-state index in [4.69, 9.17) is 0 Å². The molecule has 0 spiro atoms. The van der Waals surface area contributed by atoms with Crippen LogP contribution in [0.3, 0.4) is 0 Å². The first-order chi connectivity index (χ1) is 6.95. The number of nitrogens with one attached hydrogen (secondary N) is 1. The van der Waals surface area contributed by atoms with Crippen LogP contribution in [0, 0.1) is 0 Å². The monoisotopic (exact) mass is 226 g/mol. The van der Waals surface area contributed by atoms with Gasteiger partial charge in [-0.05, 0) is 12.0 Å². The SMILES string of the molecule is Cl.c1ccc(CCN2CCNCC2)cc1. The highest BCUT2D eigenvalue weighted by atomic mass is 35.5. The summed E-state index contributed by atoms with van der Waals surface area (Å²) in [5.41, 5.74) is 1.45. The molecule has 1 heterocycles. The van der Waals surface area contributed by atoms with Gasteiger partial charge in [0.2, 0.25) is 0 Å². The number of piperazine rings is 1. The maximum atomic E-state index is 3.37. The van der Waals surface area contributed by atoms with E-state index in [2.05, 4.69) is 40.5 Å². The second kappa shape index (κ2) is 6.83. The number of hydrogen-bond donors (Lipinski definition) is 1. The van der Waals surface area contributed by atoms with Crippen molar-refractivity contribution < 1.29 is 0 Å². The Bertz CT molecular complexity index is 258. The van der Waals surface area contributed by atoms with Gasteiger partial charge in [0.25, 0.3) is 0 Å². The van der Waals surface area contributed by atoms with Gasteiger partial charge in [-0.15, -0.1) is 12.4 Å². The lowest BCUT2D eigenvalue weighted by molar-refractivity contribution is 0.244. The standard InChI is InChI=1S/C12H18N2.ClH/c1-2-4-12(5-3-1)6-9-14-10-7-13-8-11-14;/h1-5,13H,6-11H2;1H. The summed E-state index contributed by atoms with van der Waals surface area (Å²) in [5, 5.41) is 3.37. The molecule has 0 amide bonds. The molecular weight excluding hydrogens is 208 g/mol. The predicted molar refractivity (Wildman–Crippen MR) is 66.7 cm³/mol. The molecule has 1 aliphatic rings. The van der Waals surface area contributed by atoms with Crippen LogP contribution in [0.2, 0.25) is 0 Å². The molecular formula is C12H19ClN2. The van der Waals surface area contributed by atoms with Crippen LogP contribution in [0.5, 0.6) is 0 Å². The Labute approximate surface area is 98.1 Å². The molecule has 1 aromatic carbocycles. The molecule has 1 saturated heterocycles. The Morgan fingerprint density at radius 1 is 1.07 bits per heavy atom. The zero-order valence-corrected chi connectivity index (χ0v) is 9.80. The minimum atomic E-state index is 0. The molecule has 0 saturated carbocycles. The summed E-state index contributed by atoms with van der Waals surface area (Å²) >= 11 is 0. The van der Waals surface area contributed by atoms with E-state index >= 15 is 0 Å². The van der Waals surface area contributed by atoms with Gasteiger partial charge in [0, 0.05) is 32.7 Å². The average Bonchev–Trinajstić information content (AvgIpc) is 2.29. The number of benzene rings is 1. The Morgan fingerprint density at radius 3 is 2.40 bits per heavy atom. The number of hydrogen-bond acceptors (Lipinski definition) is 2. The summed E-state index contributed by atoms with van der Waals surface area (Å²) in [6.45, 7) is 5.90. The molecule has 2 rings (SSSR count). The second-order valence-corrected chi connectivity index (χ2v) is 3.83. The van der Waals surface area contributed by atoms with E-state index < -0.39 is 0 Å². The summed E-state index contributed by atoms with van der Waals surface area (Å²) in [5.74, 6) is 0. The van der Waals surface area contributed by atoms with E-state index in [1.54, 1.807) is 0 Å². The van der Waals surface area contributed by atoms with Crippen LogP contribution in [-0.4, -0.2) is 37.6 Å². The molecule has 15 heavy (non-hydrogen) atoms. The van der Waals surface area contributed by atoms with Crippen LogP contribution in [-0.2, 0) is 6.42 Å². The van der Waals surface area contributed by atoms with Crippen LogP contribution in [0.25, 0.3) is 0 Å². The van der Waals surface area contributed by atoms with Gasteiger partial charge in [0.15, 0.2) is 0 Å². The normalized spacial score (nSPS) is 17.1. The maximum Gasteiger partial charge on any atom is 0.0108 e. The summed E-state index contributed by atoms with van der Waals surface area (Å²) in [6.07, 6.45) is 1.18. The van der Waals surface area contributed by atoms with Gasteiger partial charge in [-0.1, -0.05) is 30.3 Å². The minimum absolute atomic E-state index is 0. The summed E-state index contributed by atoms with van der Waals surface area (Å²) in [7, 11) is 0. The highest BCUT2D eigenvalue weighted by Crippen LogP contribution is 2.01. The van der Waals surface area contributed by atoms with Crippen molar-refractivity contribution in [2.75, 3.05) is 32.7 Å². The maximum absolute atomic E-state index is 3.37. The largest absolute Gasteiger partial charge is 0.314 e.